The van der Waals surface area contributed by atoms with Crippen molar-refractivity contribution in [2.75, 3.05) is 19.6 Å². The number of halogens is 2. The minimum atomic E-state index is 0.0119. The highest BCUT2D eigenvalue weighted by molar-refractivity contribution is 6.42. The molecular formula is C14H20Cl2N2. The van der Waals surface area contributed by atoms with E-state index in [4.69, 9.17) is 28.9 Å². The molecule has 1 saturated heterocycles. The van der Waals surface area contributed by atoms with Crippen LogP contribution in [0.15, 0.2) is 18.2 Å². The topological polar surface area (TPSA) is 29.3 Å². The number of likely N-dealkylation sites (tertiary alicyclic amines) is 1. The summed E-state index contributed by atoms with van der Waals surface area (Å²) in [6.45, 7) is 3.22. The van der Waals surface area contributed by atoms with E-state index < -0.39 is 0 Å². The van der Waals surface area contributed by atoms with E-state index in [0.717, 1.165) is 25.2 Å². The van der Waals surface area contributed by atoms with E-state index >= 15 is 0 Å². The molecule has 1 unspecified atom stereocenters. The van der Waals surface area contributed by atoms with Gasteiger partial charge in [-0.25, -0.2) is 0 Å². The molecule has 0 spiro atoms. The number of hydrogen-bond acceptors (Lipinski definition) is 2. The lowest BCUT2D eigenvalue weighted by molar-refractivity contribution is 0.268. The minimum Gasteiger partial charge on any atom is -0.323 e. The lowest BCUT2D eigenvalue weighted by Crippen LogP contribution is -2.33. The van der Waals surface area contributed by atoms with E-state index in [1.807, 2.05) is 18.2 Å². The summed E-state index contributed by atoms with van der Waals surface area (Å²) in [5, 5.41) is 1.17. The maximum Gasteiger partial charge on any atom is 0.0595 e. The van der Waals surface area contributed by atoms with Gasteiger partial charge in [0, 0.05) is 12.6 Å². The Hall–Kier alpha value is -0.280. The summed E-state index contributed by atoms with van der Waals surface area (Å²) in [5.74, 6) is 0. The van der Waals surface area contributed by atoms with Crippen molar-refractivity contribution in [2.24, 2.45) is 5.73 Å². The second-order valence-corrected chi connectivity index (χ2v) is 5.81. The first kappa shape index (κ1) is 14.1. The summed E-state index contributed by atoms with van der Waals surface area (Å²) in [7, 11) is 0. The zero-order valence-electron chi connectivity index (χ0n) is 10.5. The Labute approximate surface area is 119 Å². The van der Waals surface area contributed by atoms with E-state index in [9.17, 15) is 0 Å². The fourth-order valence-electron chi connectivity index (χ4n) is 2.45. The van der Waals surface area contributed by atoms with E-state index in [-0.39, 0.29) is 6.04 Å². The second kappa shape index (κ2) is 6.76. The molecular weight excluding hydrogens is 267 g/mol. The van der Waals surface area contributed by atoms with Gasteiger partial charge in [0.05, 0.1) is 10.0 Å². The third-order valence-electron chi connectivity index (χ3n) is 3.53. The van der Waals surface area contributed by atoms with Crippen LogP contribution in [-0.2, 0) is 0 Å². The Kier molecular flexibility index (Phi) is 5.31. The van der Waals surface area contributed by atoms with E-state index in [1.165, 1.54) is 25.7 Å². The summed E-state index contributed by atoms with van der Waals surface area (Å²) in [6, 6.07) is 5.68. The lowest BCUT2D eigenvalue weighted by atomic mass is 10.1. The third kappa shape index (κ3) is 3.86. The highest BCUT2D eigenvalue weighted by atomic mass is 35.5. The van der Waals surface area contributed by atoms with E-state index in [1.54, 1.807) is 0 Å². The molecule has 1 fully saturated rings. The third-order valence-corrected chi connectivity index (χ3v) is 4.26. The molecule has 100 valence electrons. The molecule has 0 amide bonds. The Morgan fingerprint density at radius 2 is 1.72 bits per heavy atom. The molecule has 1 heterocycles. The van der Waals surface area contributed by atoms with Crippen molar-refractivity contribution in [2.45, 2.75) is 31.7 Å². The Morgan fingerprint density at radius 3 is 2.33 bits per heavy atom. The first-order valence-corrected chi connectivity index (χ1v) is 7.35. The van der Waals surface area contributed by atoms with Crippen LogP contribution in [0.5, 0.6) is 0 Å². The Bertz CT molecular complexity index is 387. The van der Waals surface area contributed by atoms with Gasteiger partial charge in [-0.15, -0.1) is 0 Å². The summed E-state index contributed by atoms with van der Waals surface area (Å²) in [6.07, 6.45) is 5.26. The lowest BCUT2D eigenvalue weighted by Gasteiger charge is -2.24. The molecule has 2 nitrogen and oxygen atoms in total. The average Bonchev–Trinajstić information content (AvgIpc) is 2.61. The van der Waals surface area contributed by atoms with Crippen LogP contribution in [0.3, 0.4) is 0 Å². The number of benzene rings is 1. The van der Waals surface area contributed by atoms with Crippen LogP contribution >= 0.6 is 23.2 Å². The van der Waals surface area contributed by atoms with Crippen LogP contribution in [0.1, 0.15) is 37.3 Å². The standard InChI is InChI=1S/C14H20Cl2N2/c15-12-6-5-11(9-13(12)16)14(17)10-18-7-3-1-2-4-8-18/h5-6,9,14H,1-4,7-8,10,17H2. The van der Waals surface area contributed by atoms with Crippen LogP contribution in [0, 0.1) is 0 Å². The molecule has 18 heavy (non-hydrogen) atoms. The molecule has 0 saturated carbocycles. The van der Waals surface area contributed by atoms with E-state index in [0.29, 0.717) is 10.0 Å². The Morgan fingerprint density at radius 1 is 1.06 bits per heavy atom. The predicted octanol–water partition coefficient (Wildman–Crippen LogP) is 3.87. The predicted molar refractivity (Wildman–Crippen MR) is 78.3 cm³/mol. The summed E-state index contributed by atoms with van der Waals surface area (Å²) in [5.41, 5.74) is 7.32. The number of hydrogen-bond donors (Lipinski definition) is 1. The fourth-order valence-corrected chi connectivity index (χ4v) is 2.75. The van der Waals surface area contributed by atoms with Crippen molar-refractivity contribution in [3.63, 3.8) is 0 Å². The summed E-state index contributed by atoms with van der Waals surface area (Å²) >= 11 is 11.9. The monoisotopic (exact) mass is 286 g/mol. The maximum absolute atomic E-state index is 6.25. The smallest absolute Gasteiger partial charge is 0.0595 e. The highest BCUT2D eigenvalue weighted by Gasteiger charge is 2.14. The van der Waals surface area contributed by atoms with Crippen LogP contribution in [-0.4, -0.2) is 24.5 Å². The molecule has 4 heteroatoms. The average molecular weight is 287 g/mol. The zero-order chi connectivity index (χ0) is 13.0. The van der Waals surface area contributed by atoms with Crippen molar-refractivity contribution in [1.29, 1.82) is 0 Å². The normalized spacial score (nSPS) is 19.5. The molecule has 1 aliphatic rings. The zero-order valence-corrected chi connectivity index (χ0v) is 12.1. The summed E-state index contributed by atoms with van der Waals surface area (Å²) in [4.78, 5) is 2.46. The number of nitrogens with two attached hydrogens (primary N) is 1. The largest absolute Gasteiger partial charge is 0.323 e. The number of rotatable bonds is 3. The molecule has 1 aliphatic heterocycles. The first-order chi connectivity index (χ1) is 8.66. The van der Waals surface area contributed by atoms with Gasteiger partial charge in [0.1, 0.15) is 0 Å². The van der Waals surface area contributed by atoms with Crippen molar-refractivity contribution in [1.82, 2.24) is 4.90 Å². The quantitative estimate of drug-likeness (QED) is 0.914. The van der Waals surface area contributed by atoms with Gasteiger partial charge in [-0.1, -0.05) is 42.1 Å². The van der Waals surface area contributed by atoms with Crippen LogP contribution in [0.4, 0.5) is 0 Å². The van der Waals surface area contributed by atoms with Gasteiger partial charge < -0.3 is 10.6 Å². The van der Waals surface area contributed by atoms with Gasteiger partial charge in [-0.2, -0.15) is 0 Å². The molecule has 0 aliphatic carbocycles. The Balaban J connectivity index is 1.97. The molecule has 0 aromatic heterocycles. The van der Waals surface area contributed by atoms with Gasteiger partial charge in [-0.3, -0.25) is 0 Å². The summed E-state index contributed by atoms with van der Waals surface area (Å²) < 4.78 is 0. The van der Waals surface area contributed by atoms with Crippen LogP contribution < -0.4 is 5.73 Å². The molecule has 1 atom stereocenters. The van der Waals surface area contributed by atoms with Crippen molar-refractivity contribution in [3.8, 4) is 0 Å². The van der Waals surface area contributed by atoms with Gasteiger partial charge >= 0.3 is 0 Å². The molecule has 1 aromatic carbocycles. The SMILES string of the molecule is NC(CN1CCCCCC1)c1ccc(Cl)c(Cl)c1. The van der Waals surface area contributed by atoms with E-state index in [2.05, 4.69) is 4.90 Å². The van der Waals surface area contributed by atoms with Crippen LogP contribution in [0.25, 0.3) is 0 Å². The molecule has 1 aromatic rings. The van der Waals surface area contributed by atoms with Crippen molar-refractivity contribution in [3.05, 3.63) is 33.8 Å². The maximum atomic E-state index is 6.25. The van der Waals surface area contributed by atoms with Crippen LogP contribution in [0.2, 0.25) is 10.0 Å². The first-order valence-electron chi connectivity index (χ1n) is 6.59. The van der Waals surface area contributed by atoms with Crippen molar-refractivity contribution >= 4 is 23.2 Å². The molecule has 0 bridgehead atoms. The van der Waals surface area contributed by atoms with Gasteiger partial charge in [0.15, 0.2) is 0 Å². The molecule has 2 N–H and O–H groups in total. The molecule has 2 rings (SSSR count). The highest BCUT2D eigenvalue weighted by Crippen LogP contribution is 2.25. The van der Waals surface area contributed by atoms with Gasteiger partial charge in [-0.05, 0) is 43.6 Å². The van der Waals surface area contributed by atoms with Gasteiger partial charge in [0.2, 0.25) is 0 Å². The molecule has 0 radical (unpaired) electrons. The fraction of sp³-hybridized carbons (Fsp3) is 0.571. The number of nitrogens with zero attached hydrogens (tertiary/aromatic N) is 1. The minimum absolute atomic E-state index is 0.0119. The second-order valence-electron chi connectivity index (χ2n) is 4.99. The van der Waals surface area contributed by atoms with Crippen molar-refractivity contribution < 1.29 is 0 Å². The van der Waals surface area contributed by atoms with Gasteiger partial charge in [0.25, 0.3) is 0 Å².